The molecular weight excluding hydrogens is 264 g/mol. The van der Waals surface area contributed by atoms with Crippen molar-refractivity contribution in [3.05, 3.63) is 18.0 Å². The molecule has 0 amide bonds. The molecular formula is C12H20N4O2S. The first-order chi connectivity index (χ1) is 9.10. The van der Waals surface area contributed by atoms with Crippen LogP contribution in [0.25, 0.3) is 0 Å². The average Bonchev–Trinajstić information content (AvgIpc) is 3.05. The Hall–Kier alpha value is -0.890. The van der Waals surface area contributed by atoms with Crippen molar-refractivity contribution in [3.8, 4) is 0 Å². The van der Waals surface area contributed by atoms with Crippen molar-refractivity contribution in [1.82, 2.24) is 14.6 Å². The summed E-state index contributed by atoms with van der Waals surface area (Å²) in [5, 5.41) is 0. The maximum atomic E-state index is 12.3. The number of hydrogen-bond acceptors (Lipinski definition) is 4. The Morgan fingerprint density at radius 2 is 2.26 bits per heavy atom. The van der Waals surface area contributed by atoms with E-state index in [0.717, 1.165) is 31.6 Å². The molecule has 2 fully saturated rings. The number of rotatable bonds is 4. The highest BCUT2D eigenvalue weighted by Gasteiger charge is 2.39. The third-order valence-electron chi connectivity index (χ3n) is 4.16. The molecule has 1 aromatic rings. The van der Waals surface area contributed by atoms with E-state index in [1.807, 2.05) is 0 Å². The summed E-state index contributed by atoms with van der Waals surface area (Å²) >= 11 is 0. The Morgan fingerprint density at radius 3 is 3.00 bits per heavy atom. The number of nitrogens with two attached hydrogens (primary N) is 1. The molecule has 7 heteroatoms. The van der Waals surface area contributed by atoms with Gasteiger partial charge in [0.05, 0.1) is 4.90 Å². The van der Waals surface area contributed by atoms with Gasteiger partial charge in [0.25, 0.3) is 0 Å². The van der Waals surface area contributed by atoms with Crippen LogP contribution in [0.2, 0.25) is 0 Å². The predicted molar refractivity (Wildman–Crippen MR) is 72.0 cm³/mol. The van der Waals surface area contributed by atoms with Crippen molar-refractivity contribution < 1.29 is 8.42 Å². The van der Waals surface area contributed by atoms with E-state index >= 15 is 0 Å². The number of H-pyrrole nitrogens is 1. The Labute approximate surface area is 113 Å². The van der Waals surface area contributed by atoms with Gasteiger partial charge in [-0.25, -0.2) is 13.1 Å². The van der Waals surface area contributed by atoms with Crippen LogP contribution in [-0.4, -0.2) is 43.5 Å². The fourth-order valence-corrected chi connectivity index (χ4v) is 4.50. The molecule has 2 saturated heterocycles. The highest BCUT2D eigenvalue weighted by atomic mass is 32.2. The second kappa shape index (κ2) is 4.90. The van der Waals surface area contributed by atoms with Gasteiger partial charge in [-0.05, 0) is 31.9 Å². The van der Waals surface area contributed by atoms with Crippen LogP contribution >= 0.6 is 0 Å². The Kier molecular flexibility index (Phi) is 3.38. The number of sulfonamides is 1. The summed E-state index contributed by atoms with van der Waals surface area (Å²) in [5.41, 5.74) is 6.22. The van der Waals surface area contributed by atoms with Gasteiger partial charge in [-0.2, -0.15) is 0 Å². The molecule has 2 atom stereocenters. The van der Waals surface area contributed by atoms with Gasteiger partial charge < -0.3 is 10.7 Å². The molecule has 1 aromatic heterocycles. The molecule has 19 heavy (non-hydrogen) atoms. The van der Waals surface area contributed by atoms with Crippen LogP contribution in [0.15, 0.2) is 17.2 Å². The van der Waals surface area contributed by atoms with Crippen molar-refractivity contribution in [1.29, 1.82) is 0 Å². The monoisotopic (exact) mass is 284 g/mol. The topological polar surface area (TPSA) is 91.2 Å². The first kappa shape index (κ1) is 13.1. The van der Waals surface area contributed by atoms with E-state index in [1.165, 1.54) is 12.6 Å². The molecule has 2 unspecified atom stereocenters. The first-order valence-corrected chi connectivity index (χ1v) is 8.22. The molecule has 0 bridgehead atoms. The van der Waals surface area contributed by atoms with E-state index in [1.54, 1.807) is 6.07 Å². The first-order valence-electron chi connectivity index (χ1n) is 6.74. The van der Waals surface area contributed by atoms with Gasteiger partial charge in [-0.1, -0.05) is 0 Å². The lowest BCUT2D eigenvalue weighted by Gasteiger charge is -2.20. The van der Waals surface area contributed by atoms with E-state index in [0.29, 0.717) is 12.6 Å². The van der Waals surface area contributed by atoms with Crippen molar-refractivity contribution in [2.75, 3.05) is 13.1 Å². The van der Waals surface area contributed by atoms with E-state index in [2.05, 4.69) is 14.6 Å². The molecule has 0 spiro atoms. The van der Waals surface area contributed by atoms with Gasteiger partial charge in [0.15, 0.2) is 0 Å². The maximum absolute atomic E-state index is 12.3. The second-order valence-corrected chi connectivity index (χ2v) is 7.04. The van der Waals surface area contributed by atoms with Gasteiger partial charge in [0.2, 0.25) is 10.0 Å². The maximum Gasteiger partial charge on any atom is 0.242 e. The Bertz CT molecular complexity index is 554. The zero-order valence-corrected chi connectivity index (χ0v) is 11.6. The van der Waals surface area contributed by atoms with Gasteiger partial charge in [0.1, 0.15) is 0 Å². The minimum absolute atomic E-state index is 0.0451. The number of nitrogens with zero attached hydrogens (tertiary/aromatic N) is 1. The number of hydrogen-bond donors (Lipinski definition) is 3. The predicted octanol–water partition coefficient (Wildman–Crippen LogP) is -0.0116. The third kappa shape index (κ3) is 2.43. The minimum Gasteiger partial charge on any atom is -0.363 e. The molecule has 2 aliphatic heterocycles. The molecule has 0 radical (unpaired) electrons. The summed E-state index contributed by atoms with van der Waals surface area (Å²) in [7, 11) is -3.44. The fourth-order valence-electron chi connectivity index (χ4n) is 3.18. The molecule has 0 saturated carbocycles. The molecule has 4 N–H and O–H groups in total. The largest absolute Gasteiger partial charge is 0.363 e. The molecule has 0 aromatic carbocycles. The van der Waals surface area contributed by atoms with Gasteiger partial charge in [0, 0.05) is 37.1 Å². The van der Waals surface area contributed by atoms with E-state index < -0.39 is 10.0 Å². The highest BCUT2D eigenvalue weighted by molar-refractivity contribution is 7.89. The Balaban J connectivity index is 1.74. The second-order valence-electron chi connectivity index (χ2n) is 5.33. The number of fused-ring (bicyclic) bond motifs is 1. The summed E-state index contributed by atoms with van der Waals surface area (Å²) in [6.07, 6.45) is 4.67. The normalized spacial score (nSPS) is 27.8. The fraction of sp³-hybridized carbons (Fsp3) is 0.667. The zero-order valence-electron chi connectivity index (χ0n) is 10.8. The summed E-state index contributed by atoms with van der Waals surface area (Å²) in [6, 6.07) is 2.02. The van der Waals surface area contributed by atoms with Crippen LogP contribution in [-0.2, 0) is 16.6 Å². The van der Waals surface area contributed by atoms with Crippen LogP contribution in [0.4, 0.5) is 0 Å². The van der Waals surface area contributed by atoms with E-state index in [9.17, 15) is 8.42 Å². The standard InChI is InChI=1S/C12H20N4O2S/c13-7-9-6-10(8-14-9)19(17,18)15-11-3-5-16-4-1-2-12(11)16/h6,8,11-12,14-15H,1-5,7,13H2. The summed E-state index contributed by atoms with van der Waals surface area (Å²) in [4.78, 5) is 5.54. The minimum atomic E-state index is -3.44. The van der Waals surface area contributed by atoms with Crippen LogP contribution in [0.5, 0.6) is 0 Å². The molecule has 106 valence electrons. The number of nitrogens with one attached hydrogen (secondary N) is 2. The lowest BCUT2D eigenvalue weighted by Crippen LogP contribution is -2.42. The van der Waals surface area contributed by atoms with Gasteiger partial charge >= 0.3 is 0 Å². The van der Waals surface area contributed by atoms with E-state index in [-0.39, 0.29) is 10.9 Å². The van der Waals surface area contributed by atoms with Crippen LogP contribution in [0, 0.1) is 0 Å². The van der Waals surface area contributed by atoms with Gasteiger partial charge in [-0.15, -0.1) is 0 Å². The van der Waals surface area contributed by atoms with Crippen molar-refractivity contribution in [2.45, 2.75) is 42.8 Å². The van der Waals surface area contributed by atoms with Crippen molar-refractivity contribution >= 4 is 10.0 Å². The van der Waals surface area contributed by atoms with Crippen LogP contribution < -0.4 is 10.5 Å². The van der Waals surface area contributed by atoms with Crippen LogP contribution in [0.3, 0.4) is 0 Å². The molecule has 3 rings (SSSR count). The number of aromatic nitrogens is 1. The Morgan fingerprint density at radius 1 is 1.42 bits per heavy atom. The van der Waals surface area contributed by atoms with Gasteiger partial charge in [-0.3, -0.25) is 4.90 Å². The lowest BCUT2D eigenvalue weighted by atomic mass is 10.1. The van der Waals surface area contributed by atoms with Crippen LogP contribution in [0.1, 0.15) is 25.0 Å². The average molecular weight is 284 g/mol. The number of aromatic amines is 1. The quantitative estimate of drug-likeness (QED) is 0.725. The third-order valence-corrected chi connectivity index (χ3v) is 5.63. The lowest BCUT2D eigenvalue weighted by molar-refractivity contribution is 0.309. The van der Waals surface area contributed by atoms with Crippen molar-refractivity contribution in [2.24, 2.45) is 5.73 Å². The van der Waals surface area contributed by atoms with E-state index in [4.69, 9.17) is 5.73 Å². The highest BCUT2D eigenvalue weighted by Crippen LogP contribution is 2.28. The van der Waals surface area contributed by atoms with Crippen molar-refractivity contribution in [3.63, 3.8) is 0 Å². The molecule has 3 heterocycles. The smallest absolute Gasteiger partial charge is 0.242 e. The summed E-state index contributed by atoms with van der Waals surface area (Å²) in [6.45, 7) is 2.42. The molecule has 2 aliphatic rings. The molecule has 6 nitrogen and oxygen atoms in total. The summed E-state index contributed by atoms with van der Waals surface area (Å²) in [5.74, 6) is 0. The molecule has 0 aliphatic carbocycles. The summed E-state index contributed by atoms with van der Waals surface area (Å²) < 4.78 is 27.5. The zero-order chi connectivity index (χ0) is 13.5. The SMILES string of the molecule is NCc1cc(S(=O)(=O)NC2CCN3CCCC23)c[nH]1.